The molecule has 90 valence electrons. The number of nitrogens with zero attached hydrogens (tertiary/aromatic N) is 1. The topological polar surface area (TPSA) is 90.7 Å². The molecule has 1 aromatic carbocycles. The second kappa shape index (κ2) is 4.74. The van der Waals surface area contributed by atoms with E-state index in [0.29, 0.717) is 11.1 Å². The van der Waals surface area contributed by atoms with Gasteiger partial charge in [0.15, 0.2) is 0 Å². The predicted molar refractivity (Wildman–Crippen MR) is 61.0 cm³/mol. The summed E-state index contributed by atoms with van der Waals surface area (Å²) in [6.07, 6.45) is 0. The third-order valence-electron chi connectivity index (χ3n) is 2.43. The molecule has 0 spiro atoms. The Morgan fingerprint density at radius 3 is 2.59 bits per heavy atom. The molecule has 6 nitrogen and oxygen atoms in total. The Hall–Kier alpha value is -1.57. The second-order valence-corrected chi connectivity index (χ2v) is 4.06. The minimum absolute atomic E-state index is 0.0820. The van der Waals surface area contributed by atoms with Crippen LogP contribution in [-0.2, 0) is 15.5 Å². The molecule has 1 atom stereocenters. The molecule has 0 radical (unpaired) electrons. The maximum atomic E-state index is 11.9. The van der Waals surface area contributed by atoms with Gasteiger partial charge in [0.2, 0.25) is 0 Å². The van der Waals surface area contributed by atoms with E-state index in [-0.39, 0.29) is 24.9 Å². The van der Waals surface area contributed by atoms with Gasteiger partial charge in [-0.3, -0.25) is 23.8 Å². The first-order chi connectivity index (χ1) is 8.11. The van der Waals surface area contributed by atoms with E-state index in [1.165, 1.54) is 4.90 Å². The molecule has 1 aliphatic rings. The van der Waals surface area contributed by atoms with E-state index in [9.17, 15) is 9.00 Å². The van der Waals surface area contributed by atoms with Gasteiger partial charge in [0.05, 0.1) is 18.7 Å². The van der Waals surface area contributed by atoms with Crippen molar-refractivity contribution in [2.24, 2.45) is 0 Å². The molecule has 1 unspecified atom stereocenters. The summed E-state index contributed by atoms with van der Waals surface area (Å²) in [5.74, 6) is -0.184. The van der Waals surface area contributed by atoms with E-state index < -0.39 is 11.4 Å². The van der Waals surface area contributed by atoms with Crippen molar-refractivity contribution in [1.29, 1.82) is 5.41 Å². The van der Waals surface area contributed by atoms with Crippen LogP contribution in [0.4, 0.5) is 0 Å². The zero-order valence-corrected chi connectivity index (χ0v) is 9.57. The maximum Gasteiger partial charge on any atom is 0.301 e. The average molecular weight is 254 g/mol. The van der Waals surface area contributed by atoms with Gasteiger partial charge >= 0.3 is 11.4 Å². The maximum absolute atomic E-state index is 11.9. The van der Waals surface area contributed by atoms with Crippen LogP contribution in [0, 0.1) is 5.41 Å². The van der Waals surface area contributed by atoms with Crippen molar-refractivity contribution in [3.63, 3.8) is 0 Å². The fourth-order valence-electron chi connectivity index (χ4n) is 1.68. The van der Waals surface area contributed by atoms with Crippen LogP contribution in [0.2, 0.25) is 0 Å². The van der Waals surface area contributed by atoms with Crippen LogP contribution in [0.5, 0.6) is 0 Å². The van der Waals surface area contributed by atoms with Crippen LogP contribution in [0.15, 0.2) is 24.3 Å². The monoisotopic (exact) mass is 254 g/mol. The summed E-state index contributed by atoms with van der Waals surface area (Å²) in [5, 5.41) is 7.82. The molecule has 0 bridgehead atoms. The van der Waals surface area contributed by atoms with Crippen LogP contribution < -0.4 is 0 Å². The highest BCUT2D eigenvalue weighted by atomic mass is 32.2. The third kappa shape index (κ3) is 2.26. The number of fused-ring (bicyclic) bond motifs is 1. The predicted octanol–water partition coefficient (Wildman–Crippen LogP) is 0.621. The lowest BCUT2D eigenvalue weighted by atomic mass is 10.1. The lowest BCUT2D eigenvalue weighted by molar-refractivity contribution is 0.0844. The summed E-state index contributed by atoms with van der Waals surface area (Å²) in [5.41, 5.74) is 1.05. The minimum Gasteiger partial charge on any atom is -0.290 e. The molecule has 2 N–H and O–H groups in total. The minimum atomic E-state index is -2.35. The molecular formula is C10H10N2O4S. The van der Waals surface area contributed by atoms with Crippen molar-refractivity contribution in [2.45, 2.75) is 0 Å². The van der Waals surface area contributed by atoms with Crippen molar-refractivity contribution >= 4 is 23.1 Å². The first kappa shape index (κ1) is 11.9. The van der Waals surface area contributed by atoms with Crippen LogP contribution in [0.25, 0.3) is 0 Å². The number of hydrogen-bond donors (Lipinski definition) is 2. The van der Waals surface area contributed by atoms with Crippen molar-refractivity contribution < 1.29 is 17.7 Å². The normalized spacial score (nSPS) is 16.2. The molecule has 1 amide bonds. The van der Waals surface area contributed by atoms with Gasteiger partial charge in [-0.05, 0) is 6.07 Å². The zero-order chi connectivity index (χ0) is 12.4. The van der Waals surface area contributed by atoms with Crippen molar-refractivity contribution in [3.8, 4) is 0 Å². The van der Waals surface area contributed by atoms with Crippen molar-refractivity contribution in [3.05, 3.63) is 35.4 Å². The van der Waals surface area contributed by atoms with Crippen LogP contribution >= 0.6 is 0 Å². The van der Waals surface area contributed by atoms with Crippen LogP contribution in [0.3, 0.4) is 0 Å². The molecular weight excluding hydrogens is 244 g/mol. The standard InChI is InChI=1S/C10H10N2O4S/c11-9-7-3-1-2-4-8(7)10(13)12(9)5-6-16-17(14)15/h1-4,11H,5-6H2,(H,14,15). The Balaban J connectivity index is 2.11. The number of hydrogen-bond acceptors (Lipinski definition) is 4. The van der Waals surface area contributed by atoms with E-state index in [2.05, 4.69) is 4.18 Å². The molecule has 1 aliphatic heterocycles. The molecule has 1 aromatic rings. The molecule has 7 heteroatoms. The third-order valence-corrected chi connectivity index (χ3v) is 2.80. The van der Waals surface area contributed by atoms with Gasteiger partial charge in [-0.15, -0.1) is 0 Å². The summed E-state index contributed by atoms with van der Waals surface area (Å²) in [7, 11) is 0. The van der Waals surface area contributed by atoms with E-state index in [1.807, 2.05) is 0 Å². The molecule has 2 rings (SSSR count). The van der Waals surface area contributed by atoms with Crippen LogP contribution in [-0.4, -0.2) is 38.6 Å². The summed E-state index contributed by atoms with van der Waals surface area (Å²) >= 11 is -2.35. The van der Waals surface area contributed by atoms with E-state index in [0.717, 1.165) is 0 Å². The van der Waals surface area contributed by atoms with E-state index >= 15 is 0 Å². The Labute approximate surface area is 100 Å². The number of amides is 1. The Bertz CT molecular complexity index is 468. The molecule has 0 aliphatic carbocycles. The molecule has 17 heavy (non-hydrogen) atoms. The summed E-state index contributed by atoms with van der Waals surface area (Å²) in [6, 6.07) is 6.83. The Morgan fingerprint density at radius 2 is 2.00 bits per heavy atom. The second-order valence-electron chi connectivity index (χ2n) is 3.39. The zero-order valence-electron chi connectivity index (χ0n) is 8.75. The summed E-state index contributed by atoms with van der Waals surface area (Å²) < 4.78 is 23.1. The van der Waals surface area contributed by atoms with Gasteiger partial charge in [-0.2, -0.15) is 4.21 Å². The summed E-state index contributed by atoms with van der Waals surface area (Å²) in [4.78, 5) is 13.1. The number of carbonyl (C=O) groups is 1. The van der Waals surface area contributed by atoms with E-state index in [4.69, 9.17) is 9.96 Å². The Kier molecular flexibility index (Phi) is 3.32. The molecule has 0 fully saturated rings. The number of nitrogens with one attached hydrogen (secondary N) is 1. The first-order valence-electron chi connectivity index (χ1n) is 4.85. The van der Waals surface area contributed by atoms with Gasteiger partial charge in [0, 0.05) is 5.56 Å². The number of amidine groups is 1. The fourth-order valence-corrected chi connectivity index (χ4v) is 1.90. The fraction of sp³-hybridized carbons (Fsp3) is 0.200. The summed E-state index contributed by atoms with van der Waals surface area (Å²) in [6.45, 7) is -0.0101. The molecule has 1 heterocycles. The lowest BCUT2D eigenvalue weighted by Gasteiger charge is -2.14. The number of benzene rings is 1. The van der Waals surface area contributed by atoms with Gasteiger partial charge in [-0.1, -0.05) is 18.2 Å². The Morgan fingerprint density at radius 1 is 1.35 bits per heavy atom. The highest BCUT2D eigenvalue weighted by molar-refractivity contribution is 7.74. The van der Waals surface area contributed by atoms with E-state index in [1.54, 1.807) is 24.3 Å². The van der Waals surface area contributed by atoms with Crippen molar-refractivity contribution in [2.75, 3.05) is 13.2 Å². The number of carbonyl (C=O) groups excluding carboxylic acids is 1. The average Bonchev–Trinajstić information content (AvgIpc) is 2.54. The van der Waals surface area contributed by atoms with Gasteiger partial charge in [0.25, 0.3) is 5.91 Å². The molecule has 0 saturated heterocycles. The number of rotatable bonds is 4. The van der Waals surface area contributed by atoms with Gasteiger partial charge in [0.1, 0.15) is 5.84 Å². The van der Waals surface area contributed by atoms with Crippen LogP contribution in [0.1, 0.15) is 15.9 Å². The SMILES string of the molecule is N=C1c2ccccc2C(=O)N1CCOS(=O)O. The van der Waals surface area contributed by atoms with Gasteiger partial charge < -0.3 is 0 Å². The highest BCUT2D eigenvalue weighted by Crippen LogP contribution is 2.21. The molecule has 0 saturated carbocycles. The highest BCUT2D eigenvalue weighted by Gasteiger charge is 2.31. The quantitative estimate of drug-likeness (QED) is 0.771. The smallest absolute Gasteiger partial charge is 0.290 e. The lowest BCUT2D eigenvalue weighted by Crippen LogP contribution is -2.33. The van der Waals surface area contributed by atoms with Crippen molar-refractivity contribution in [1.82, 2.24) is 4.90 Å². The largest absolute Gasteiger partial charge is 0.301 e. The first-order valence-corrected chi connectivity index (χ1v) is 5.88. The molecule has 0 aromatic heterocycles. The van der Waals surface area contributed by atoms with Gasteiger partial charge in [-0.25, -0.2) is 0 Å².